The van der Waals surface area contributed by atoms with Gasteiger partial charge in [-0.25, -0.2) is 0 Å². The first-order valence-corrected chi connectivity index (χ1v) is 7.89. The summed E-state index contributed by atoms with van der Waals surface area (Å²) in [5, 5.41) is 0.477. The number of benzene rings is 1. The van der Waals surface area contributed by atoms with Crippen molar-refractivity contribution in [3.63, 3.8) is 0 Å². The molecule has 0 unspecified atom stereocenters. The number of hydrogen-bond acceptors (Lipinski definition) is 3. The average molecular weight is 287 g/mol. The molecular weight excluding hydrogens is 270 g/mol. The molecule has 0 spiro atoms. The average Bonchev–Trinajstić information content (AvgIpc) is 2.92. The molecular formula is C16H17NO2S. The van der Waals surface area contributed by atoms with Gasteiger partial charge in [0.05, 0.1) is 6.26 Å². The molecule has 1 atom stereocenters. The molecule has 0 bridgehead atoms. The van der Waals surface area contributed by atoms with Crippen LogP contribution in [0.15, 0.2) is 53.1 Å². The molecule has 1 aromatic carbocycles. The third-order valence-corrected chi connectivity index (χ3v) is 4.86. The van der Waals surface area contributed by atoms with Crippen molar-refractivity contribution < 1.29 is 9.21 Å². The van der Waals surface area contributed by atoms with Gasteiger partial charge in [0.15, 0.2) is 5.76 Å². The zero-order valence-electron chi connectivity index (χ0n) is 11.2. The smallest absolute Gasteiger partial charge is 0.289 e. The second kappa shape index (κ2) is 6.18. The summed E-state index contributed by atoms with van der Waals surface area (Å²) in [5.41, 5.74) is 1.35. The van der Waals surface area contributed by atoms with Gasteiger partial charge in [0.2, 0.25) is 0 Å². The largest absolute Gasteiger partial charge is 0.459 e. The highest BCUT2D eigenvalue weighted by Crippen LogP contribution is 2.34. The van der Waals surface area contributed by atoms with Crippen molar-refractivity contribution in [1.82, 2.24) is 4.90 Å². The highest BCUT2D eigenvalue weighted by atomic mass is 32.2. The minimum absolute atomic E-state index is 0.00399. The minimum atomic E-state index is 0.00399. The number of carbonyl (C=O) groups excluding carboxylic acids is 1. The number of amides is 1. The Morgan fingerprint density at radius 1 is 1.15 bits per heavy atom. The van der Waals surface area contributed by atoms with Gasteiger partial charge in [0.25, 0.3) is 5.91 Å². The van der Waals surface area contributed by atoms with Gasteiger partial charge in [0, 0.05) is 24.1 Å². The molecule has 0 aliphatic carbocycles. The summed E-state index contributed by atoms with van der Waals surface area (Å²) in [6.45, 7) is 1.57. The summed E-state index contributed by atoms with van der Waals surface area (Å²) >= 11 is 1.93. The van der Waals surface area contributed by atoms with Crippen LogP contribution in [-0.2, 0) is 0 Å². The van der Waals surface area contributed by atoms with Crippen LogP contribution in [0.3, 0.4) is 0 Å². The van der Waals surface area contributed by atoms with E-state index in [1.54, 1.807) is 18.4 Å². The number of thioether (sulfide) groups is 1. The SMILES string of the molecule is O=C(c1ccco1)N1CCS[C@H](c2ccccc2)CC1. The predicted octanol–water partition coefficient (Wildman–Crippen LogP) is 3.60. The van der Waals surface area contributed by atoms with Gasteiger partial charge in [-0.05, 0) is 24.1 Å². The second-order valence-corrected chi connectivity index (χ2v) is 6.14. The lowest BCUT2D eigenvalue weighted by atomic mass is 10.1. The summed E-state index contributed by atoms with van der Waals surface area (Å²) in [7, 11) is 0. The molecule has 1 aliphatic rings. The fourth-order valence-corrected chi connectivity index (χ4v) is 3.70. The number of rotatable bonds is 2. The van der Waals surface area contributed by atoms with E-state index in [0.717, 1.165) is 25.3 Å². The Hall–Kier alpha value is -1.68. The normalized spacial score (nSPS) is 19.6. The van der Waals surface area contributed by atoms with Crippen molar-refractivity contribution in [2.45, 2.75) is 11.7 Å². The van der Waals surface area contributed by atoms with Crippen molar-refractivity contribution in [3.05, 3.63) is 60.1 Å². The summed E-state index contributed by atoms with van der Waals surface area (Å²) in [4.78, 5) is 14.2. The van der Waals surface area contributed by atoms with Gasteiger partial charge in [0.1, 0.15) is 0 Å². The van der Waals surface area contributed by atoms with Crippen molar-refractivity contribution in [3.8, 4) is 0 Å². The first kappa shape index (κ1) is 13.3. The lowest BCUT2D eigenvalue weighted by Crippen LogP contribution is -2.32. The number of nitrogens with zero attached hydrogens (tertiary/aromatic N) is 1. The van der Waals surface area contributed by atoms with Gasteiger partial charge in [-0.3, -0.25) is 4.79 Å². The molecule has 1 saturated heterocycles. The maximum absolute atomic E-state index is 12.3. The zero-order chi connectivity index (χ0) is 13.8. The van der Waals surface area contributed by atoms with Crippen LogP contribution in [-0.4, -0.2) is 29.6 Å². The van der Waals surface area contributed by atoms with Crippen LogP contribution in [0.1, 0.15) is 27.8 Å². The molecule has 2 aromatic rings. The first-order chi connectivity index (χ1) is 9.84. The van der Waals surface area contributed by atoms with E-state index in [1.165, 1.54) is 5.56 Å². The lowest BCUT2D eigenvalue weighted by Gasteiger charge is -2.19. The van der Waals surface area contributed by atoms with Crippen LogP contribution in [0.5, 0.6) is 0 Å². The molecule has 1 aliphatic heterocycles. The number of carbonyl (C=O) groups is 1. The van der Waals surface area contributed by atoms with Crippen LogP contribution in [0.2, 0.25) is 0 Å². The van der Waals surface area contributed by atoms with Crippen LogP contribution < -0.4 is 0 Å². The molecule has 2 heterocycles. The zero-order valence-corrected chi connectivity index (χ0v) is 12.0. The van der Waals surface area contributed by atoms with E-state index in [1.807, 2.05) is 22.7 Å². The molecule has 0 radical (unpaired) electrons. The second-order valence-electron chi connectivity index (χ2n) is 4.83. The Balaban J connectivity index is 1.67. The fraction of sp³-hybridized carbons (Fsp3) is 0.312. The van der Waals surface area contributed by atoms with Crippen molar-refractivity contribution in [2.75, 3.05) is 18.8 Å². The molecule has 1 amide bonds. The van der Waals surface area contributed by atoms with Crippen molar-refractivity contribution >= 4 is 17.7 Å². The Morgan fingerprint density at radius 3 is 2.75 bits per heavy atom. The number of hydrogen-bond donors (Lipinski definition) is 0. The van der Waals surface area contributed by atoms with Crippen LogP contribution in [0, 0.1) is 0 Å². The van der Waals surface area contributed by atoms with Gasteiger partial charge < -0.3 is 9.32 Å². The molecule has 3 nitrogen and oxygen atoms in total. The monoisotopic (exact) mass is 287 g/mol. The van der Waals surface area contributed by atoms with E-state index >= 15 is 0 Å². The van der Waals surface area contributed by atoms with Gasteiger partial charge >= 0.3 is 0 Å². The van der Waals surface area contributed by atoms with Crippen LogP contribution >= 0.6 is 11.8 Å². The van der Waals surface area contributed by atoms with Gasteiger partial charge in [-0.15, -0.1) is 0 Å². The molecule has 104 valence electrons. The Bertz CT molecular complexity index is 553. The van der Waals surface area contributed by atoms with Gasteiger partial charge in [-0.1, -0.05) is 30.3 Å². The summed E-state index contributed by atoms with van der Waals surface area (Å²) in [6, 6.07) is 14.0. The molecule has 3 rings (SSSR count). The summed E-state index contributed by atoms with van der Waals surface area (Å²) < 4.78 is 5.20. The van der Waals surface area contributed by atoms with E-state index in [-0.39, 0.29) is 5.91 Å². The standard InChI is InChI=1S/C16H17NO2S/c18-16(14-7-4-11-19-14)17-9-8-15(20-12-10-17)13-5-2-1-3-6-13/h1-7,11,15H,8-10,12H2/t15-/m0/s1. The van der Waals surface area contributed by atoms with Gasteiger partial charge in [-0.2, -0.15) is 11.8 Å². The third-order valence-electron chi connectivity index (χ3n) is 3.53. The lowest BCUT2D eigenvalue weighted by molar-refractivity contribution is 0.0734. The summed E-state index contributed by atoms with van der Waals surface area (Å²) in [6.07, 6.45) is 2.54. The fourth-order valence-electron chi connectivity index (χ4n) is 2.46. The van der Waals surface area contributed by atoms with Crippen molar-refractivity contribution in [2.24, 2.45) is 0 Å². The topological polar surface area (TPSA) is 33.5 Å². The Kier molecular flexibility index (Phi) is 4.11. The van der Waals surface area contributed by atoms with E-state index in [0.29, 0.717) is 11.0 Å². The Morgan fingerprint density at radius 2 is 2.00 bits per heavy atom. The first-order valence-electron chi connectivity index (χ1n) is 6.84. The number of furan rings is 1. The highest BCUT2D eigenvalue weighted by molar-refractivity contribution is 7.99. The predicted molar refractivity (Wildman–Crippen MR) is 80.9 cm³/mol. The van der Waals surface area contributed by atoms with Crippen molar-refractivity contribution in [1.29, 1.82) is 0 Å². The molecule has 0 saturated carbocycles. The minimum Gasteiger partial charge on any atom is -0.459 e. The maximum atomic E-state index is 12.3. The van der Waals surface area contributed by atoms with Crippen LogP contribution in [0.4, 0.5) is 0 Å². The summed E-state index contributed by atoms with van der Waals surface area (Å²) in [5.74, 6) is 1.41. The molecule has 0 N–H and O–H groups in total. The third kappa shape index (κ3) is 2.90. The molecule has 1 fully saturated rings. The quantitative estimate of drug-likeness (QED) is 0.846. The molecule has 1 aromatic heterocycles. The van der Waals surface area contributed by atoms with E-state index < -0.39 is 0 Å². The van der Waals surface area contributed by atoms with Crippen LogP contribution in [0.25, 0.3) is 0 Å². The Labute approximate surface area is 123 Å². The van der Waals surface area contributed by atoms with E-state index in [2.05, 4.69) is 24.3 Å². The maximum Gasteiger partial charge on any atom is 0.289 e. The van der Waals surface area contributed by atoms with E-state index in [9.17, 15) is 4.79 Å². The molecule has 4 heteroatoms. The van der Waals surface area contributed by atoms with E-state index in [4.69, 9.17) is 4.42 Å². The highest BCUT2D eigenvalue weighted by Gasteiger charge is 2.23. The molecule has 20 heavy (non-hydrogen) atoms.